The zero-order chi connectivity index (χ0) is 27.4. The van der Waals surface area contributed by atoms with Gasteiger partial charge in [0.15, 0.2) is 0 Å². The van der Waals surface area contributed by atoms with Crippen LogP contribution in [0.5, 0.6) is 5.75 Å². The van der Waals surface area contributed by atoms with Gasteiger partial charge in [-0.1, -0.05) is 6.92 Å². The lowest BCUT2D eigenvalue weighted by atomic mass is 10.0. The van der Waals surface area contributed by atoms with Gasteiger partial charge in [-0.2, -0.15) is 0 Å². The number of benzene rings is 2. The highest BCUT2D eigenvalue weighted by atomic mass is 19.1. The second-order valence-corrected chi connectivity index (χ2v) is 10.3. The van der Waals surface area contributed by atoms with Crippen LogP contribution in [0.1, 0.15) is 32.3 Å². The number of ether oxygens (including phenoxy) is 1. The van der Waals surface area contributed by atoms with E-state index in [1.54, 1.807) is 37.1 Å². The summed E-state index contributed by atoms with van der Waals surface area (Å²) in [7, 11) is 1.64. The van der Waals surface area contributed by atoms with Crippen molar-refractivity contribution in [2.75, 3.05) is 37.4 Å². The Hall–Kier alpha value is -3.66. The molecule has 0 radical (unpaired) electrons. The minimum absolute atomic E-state index is 0.0314. The molecule has 0 aromatic heterocycles. The lowest BCUT2D eigenvalue weighted by Crippen LogP contribution is -2.48. The Labute approximate surface area is 221 Å². The maximum absolute atomic E-state index is 13.3. The van der Waals surface area contributed by atoms with Crippen LogP contribution in [0.2, 0.25) is 0 Å². The molecule has 2 aromatic carbocycles. The van der Waals surface area contributed by atoms with Crippen molar-refractivity contribution in [2.45, 2.75) is 45.3 Å². The third-order valence-corrected chi connectivity index (χ3v) is 7.03. The standard InChI is InChI=1S/C28H35FN4O5/c1-17-14-33(18(2)16-34)26(35)13-20-12-23(30-27(36)19-4-5-19)10-11-24(20)38-25(17)15-32(3)28(37)31-22-8-6-21(29)7-9-22/h6-12,17-19,25,34H,4-5,13-16H2,1-3H3,(H,30,36)(H,31,37)/t17-,18+,25-/m0/s1. The number of rotatable bonds is 7. The number of hydrogen-bond acceptors (Lipinski definition) is 5. The Balaban J connectivity index is 1.56. The molecule has 1 fully saturated rings. The predicted molar refractivity (Wildman–Crippen MR) is 141 cm³/mol. The van der Waals surface area contributed by atoms with Gasteiger partial charge < -0.3 is 30.3 Å². The molecule has 1 heterocycles. The van der Waals surface area contributed by atoms with E-state index >= 15 is 0 Å². The van der Waals surface area contributed by atoms with Crippen molar-refractivity contribution in [1.82, 2.24) is 9.80 Å². The van der Waals surface area contributed by atoms with Crippen LogP contribution in [0.15, 0.2) is 42.5 Å². The van der Waals surface area contributed by atoms with Gasteiger partial charge in [0.05, 0.1) is 25.6 Å². The van der Waals surface area contributed by atoms with E-state index in [1.165, 1.54) is 29.2 Å². The number of amides is 4. The molecule has 0 bridgehead atoms. The Kier molecular flexibility index (Phi) is 8.51. The molecule has 2 aliphatic rings. The van der Waals surface area contributed by atoms with Crippen molar-refractivity contribution in [3.05, 3.63) is 53.8 Å². The number of aliphatic hydroxyl groups is 1. The first-order valence-corrected chi connectivity index (χ1v) is 12.9. The highest BCUT2D eigenvalue weighted by Gasteiger charge is 2.33. The van der Waals surface area contributed by atoms with Gasteiger partial charge in [0, 0.05) is 42.4 Å². The van der Waals surface area contributed by atoms with Crippen LogP contribution in [0.3, 0.4) is 0 Å². The molecule has 3 atom stereocenters. The number of halogens is 1. The molecule has 4 rings (SSSR count). The number of carbonyl (C=O) groups is 3. The number of fused-ring (bicyclic) bond motifs is 1. The van der Waals surface area contributed by atoms with Crippen molar-refractivity contribution in [2.24, 2.45) is 11.8 Å². The predicted octanol–water partition coefficient (Wildman–Crippen LogP) is 3.49. The van der Waals surface area contributed by atoms with Gasteiger partial charge in [-0.25, -0.2) is 9.18 Å². The minimum atomic E-state index is -0.482. The number of nitrogens with zero attached hydrogens (tertiary/aromatic N) is 2. The summed E-state index contributed by atoms with van der Waals surface area (Å²) in [4.78, 5) is 41.6. The molecule has 0 saturated heterocycles. The number of urea groups is 1. The van der Waals surface area contributed by atoms with Crippen LogP contribution < -0.4 is 15.4 Å². The van der Waals surface area contributed by atoms with E-state index in [1.807, 2.05) is 6.92 Å². The van der Waals surface area contributed by atoms with E-state index in [-0.39, 0.29) is 49.3 Å². The molecule has 38 heavy (non-hydrogen) atoms. The average molecular weight is 527 g/mol. The Morgan fingerprint density at radius 3 is 2.50 bits per heavy atom. The summed E-state index contributed by atoms with van der Waals surface area (Å²) in [5.41, 5.74) is 1.68. The summed E-state index contributed by atoms with van der Waals surface area (Å²) < 4.78 is 19.6. The fourth-order valence-corrected chi connectivity index (χ4v) is 4.42. The lowest BCUT2D eigenvalue weighted by molar-refractivity contribution is -0.134. The average Bonchev–Trinajstić information content (AvgIpc) is 3.74. The van der Waals surface area contributed by atoms with Crippen LogP contribution in [0, 0.1) is 17.7 Å². The van der Waals surface area contributed by atoms with E-state index in [9.17, 15) is 23.9 Å². The molecule has 10 heteroatoms. The SMILES string of the molecule is C[C@H](CO)N1C[C@H](C)[C@H](CN(C)C(=O)Nc2ccc(F)cc2)Oc2ccc(NC(=O)C3CC3)cc2CC1=O. The largest absolute Gasteiger partial charge is 0.488 e. The van der Waals surface area contributed by atoms with Crippen LogP contribution in [0.25, 0.3) is 0 Å². The van der Waals surface area contributed by atoms with Crippen LogP contribution in [-0.4, -0.2) is 71.6 Å². The van der Waals surface area contributed by atoms with Crippen molar-refractivity contribution >= 4 is 29.2 Å². The smallest absolute Gasteiger partial charge is 0.321 e. The molecule has 1 aliphatic carbocycles. The van der Waals surface area contributed by atoms with E-state index in [4.69, 9.17) is 4.74 Å². The van der Waals surface area contributed by atoms with Gasteiger partial charge in [-0.05, 0) is 62.2 Å². The molecule has 0 unspecified atom stereocenters. The lowest BCUT2D eigenvalue weighted by Gasteiger charge is -2.34. The van der Waals surface area contributed by atoms with Gasteiger partial charge in [-0.15, -0.1) is 0 Å². The molecule has 1 saturated carbocycles. The fourth-order valence-electron chi connectivity index (χ4n) is 4.42. The summed E-state index contributed by atoms with van der Waals surface area (Å²) in [6.07, 6.45) is 1.33. The molecular weight excluding hydrogens is 491 g/mol. The second-order valence-electron chi connectivity index (χ2n) is 10.3. The van der Waals surface area contributed by atoms with Gasteiger partial charge in [-0.3, -0.25) is 9.59 Å². The topological polar surface area (TPSA) is 111 Å². The molecule has 9 nitrogen and oxygen atoms in total. The molecular formula is C28H35FN4O5. The van der Waals surface area contributed by atoms with Crippen molar-refractivity contribution in [3.63, 3.8) is 0 Å². The maximum Gasteiger partial charge on any atom is 0.321 e. The van der Waals surface area contributed by atoms with Gasteiger partial charge in [0.25, 0.3) is 0 Å². The fraction of sp³-hybridized carbons (Fsp3) is 0.464. The number of carbonyl (C=O) groups excluding carboxylic acids is 3. The highest BCUT2D eigenvalue weighted by Crippen LogP contribution is 2.32. The third-order valence-electron chi connectivity index (χ3n) is 7.03. The number of likely N-dealkylation sites (N-methyl/N-ethyl adjacent to an activating group) is 1. The van der Waals surface area contributed by atoms with Crippen molar-refractivity contribution in [1.29, 1.82) is 0 Å². The zero-order valence-corrected chi connectivity index (χ0v) is 21.9. The number of anilines is 2. The van der Waals surface area contributed by atoms with Gasteiger partial charge in [0.2, 0.25) is 11.8 Å². The molecule has 0 spiro atoms. The maximum atomic E-state index is 13.3. The van der Waals surface area contributed by atoms with E-state index in [2.05, 4.69) is 10.6 Å². The minimum Gasteiger partial charge on any atom is -0.488 e. The number of aliphatic hydroxyl groups excluding tert-OH is 1. The Morgan fingerprint density at radius 2 is 1.84 bits per heavy atom. The van der Waals surface area contributed by atoms with Gasteiger partial charge >= 0.3 is 6.03 Å². The summed E-state index contributed by atoms with van der Waals surface area (Å²) in [6.45, 7) is 4.08. The van der Waals surface area contributed by atoms with Crippen molar-refractivity contribution < 1.29 is 28.6 Å². The first kappa shape index (κ1) is 27.4. The summed E-state index contributed by atoms with van der Waals surface area (Å²) >= 11 is 0. The zero-order valence-electron chi connectivity index (χ0n) is 21.9. The van der Waals surface area contributed by atoms with E-state index in [0.717, 1.165) is 12.8 Å². The van der Waals surface area contributed by atoms with Gasteiger partial charge in [0.1, 0.15) is 17.7 Å². The highest BCUT2D eigenvalue weighted by molar-refractivity contribution is 5.94. The van der Waals surface area contributed by atoms with Crippen LogP contribution in [-0.2, 0) is 16.0 Å². The van der Waals surface area contributed by atoms with E-state index in [0.29, 0.717) is 29.2 Å². The number of nitrogens with one attached hydrogen (secondary N) is 2. The molecule has 2 aromatic rings. The van der Waals surface area contributed by atoms with E-state index < -0.39 is 18.0 Å². The number of hydrogen-bond donors (Lipinski definition) is 3. The third kappa shape index (κ3) is 6.80. The monoisotopic (exact) mass is 526 g/mol. The summed E-state index contributed by atoms with van der Waals surface area (Å²) in [5.74, 6) is -0.220. The Morgan fingerprint density at radius 1 is 1.16 bits per heavy atom. The quantitative estimate of drug-likeness (QED) is 0.512. The second kappa shape index (κ2) is 11.8. The first-order chi connectivity index (χ1) is 18.1. The summed E-state index contributed by atoms with van der Waals surface area (Å²) in [5, 5.41) is 15.5. The molecule has 204 valence electrons. The first-order valence-electron chi connectivity index (χ1n) is 12.9. The molecule has 3 N–H and O–H groups in total. The normalized spacial score (nSPS) is 20.2. The Bertz CT molecular complexity index is 1170. The molecule has 4 amide bonds. The molecule has 1 aliphatic heterocycles. The van der Waals surface area contributed by atoms with Crippen LogP contribution >= 0.6 is 0 Å². The van der Waals surface area contributed by atoms with Crippen LogP contribution in [0.4, 0.5) is 20.6 Å². The van der Waals surface area contributed by atoms with Crippen molar-refractivity contribution in [3.8, 4) is 5.75 Å². The summed E-state index contributed by atoms with van der Waals surface area (Å²) in [6, 6.07) is 9.97.